The summed E-state index contributed by atoms with van der Waals surface area (Å²) < 4.78 is 5.75. The van der Waals surface area contributed by atoms with Gasteiger partial charge in [0.15, 0.2) is 0 Å². The van der Waals surface area contributed by atoms with Crippen LogP contribution in [0.15, 0.2) is 24.3 Å². The summed E-state index contributed by atoms with van der Waals surface area (Å²) >= 11 is 0. The van der Waals surface area contributed by atoms with Crippen molar-refractivity contribution in [1.29, 1.82) is 5.41 Å². The third-order valence-electron chi connectivity index (χ3n) is 3.81. The molecule has 19 heavy (non-hydrogen) atoms. The minimum atomic E-state index is -0.229. The van der Waals surface area contributed by atoms with Gasteiger partial charge in [-0.15, -0.1) is 0 Å². The van der Waals surface area contributed by atoms with Crippen LogP contribution in [0.4, 0.5) is 0 Å². The van der Waals surface area contributed by atoms with E-state index in [1.807, 2.05) is 32.0 Å². The minimum Gasteiger partial charge on any atom is -0.492 e. The topological polar surface area (TPSA) is 62.3 Å². The third-order valence-corrected chi connectivity index (χ3v) is 3.81. The molecule has 4 nitrogen and oxygen atoms in total. The van der Waals surface area contributed by atoms with Crippen LogP contribution in [0.25, 0.3) is 0 Å². The molecule has 0 saturated carbocycles. The van der Waals surface area contributed by atoms with Crippen LogP contribution >= 0.6 is 0 Å². The first-order chi connectivity index (χ1) is 8.99. The van der Waals surface area contributed by atoms with Gasteiger partial charge in [-0.2, -0.15) is 0 Å². The lowest BCUT2D eigenvalue weighted by molar-refractivity contribution is 0.209. The Morgan fingerprint density at radius 1 is 1.42 bits per heavy atom. The second-order valence-corrected chi connectivity index (χ2v) is 5.78. The van der Waals surface area contributed by atoms with Crippen LogP contribution < -0.4 is 10.5 Å². The lowest BCUT2D eigenvalue weighted by Gasteiger charge is -2.27. The first kappa shape index (κ1) is 13.9. The van der Waals surface area contributed by atoms with Crippen LogP contribution in [0.1, 0.15) is 25.8 Å². The van der Waals surface area contributed by atoms with Crippen molar-refractivity contribution in [3.63, 3.8) is 0 Å². The molecule has 0 aromatic heterocycles. The van der Waals surface area contributed by atoms with Gasteiger partial charge in [0.2, 0.25) is 0 Å². The van der Waals surface area contributed by atoms with Crippen molar-refractivity contribution >= 4 is 5.84 Å². The van der Waals surface area contributed by atoms with Gasteiger partial charge in [0.1, 0.15) is 12.4 Å². The number of rotatable bonds is 4. The van der Waals surface area contributed by atoms with Crippen molar-refractivity contribution in [2.75, 3.05) is 19.7 Å². The summed E-state index contributed by atoms with van der Waals surface area (Å²) in [7, 11) is 0. The SMILES string of the molecule is CC(C)(CCN1CCOc2ccccc2C1)C(=N)N. The Kier molecular flexibility index (Phi) is 4.10. The quantitative estimate of drug-likeness (QED) is 0.645. The molecule has 1 aromatic rings. The normalized spacial score (nSPS) is 16.3. The van der Waals surface area contributed by atoms with E-state index in [9.17, 15) is 0 Å². The predicted octanol–water partition coefficient (Wildman–Crippen LogP) is 2.23. The maximum atomic E-state index is 7.61. The van der Waals surface area contributed by atoms with Gasteiger partial charge in [0.25, 0.3) is 0 Å². The Morgan fingerprint density at radius 2 is 2.16 bits per heavy atom. The first-order valence-electron chi connectivity index (χ1n) is 6.76. The number of nitrogens with one attached hydrogen (secondary N) is 1. The average Bonchev–Trinajstić information content (AvgIpc) is 2.58. The average molecular weight is 261 g/mol. The van der Waals surface area contributed by atoms with Gasteiger partial charge in [-0.25, -0.2) is 0 Å². The van der Waals surface area contributed by atoms with Crippen LogP contribution in [0.2, 0.25) is 0 Å². The van der Waals surface area contributed by atoms with Gasteiger partial charge in [0.05, 0.1) is 5.84 Å². The second kappa shape index (κ2) is 5.61. The van der Waals surface area contributed by atoms with Crippen LogP contribution in [0, 0.1) is 10.8 Å². The van der Waals surface area contributed by atoms with Gasteiger partial charge in [-0.3, -0.25) is 10.3 Å². The molecule has 0 bridgehead atoms. The van der Waals surface area contributed by atoms with Crippen molar-refractivity contribution in [3.8, 4) is 5.75 Å². The van der Waals surface area contributed by atoms with Crippen molar-refractivity contribution < 1.29 is 4.74 Å². The van der Waals surface area contributed by atoms with Gasteiger partial charge >= 0.3 is 0 Å². The minimum absolute atomic E-state index is 0.229. The molecule has 0 unspecified atom stereocenters. The fourth-order valence-corrected chi connectivity index (χ4v) is 2.14. The van der Waals surface area contributed by atoms with Gasteiger partial charge in [-0.05, 0) is 19.0 Å². The van der Waals surface area contributed by atoms with Crippen molar-refractivity contribution in [2.24, 2.45) is 11.1 Å². The molecule has 0 fully saturated rings. The number of para-hydroxylation sites is 1. The number of amidine groups is 1. The largest absolute Gasteiger partial charge is 0.492 e. The number of fused-ring (bicyclic) bond motifs is 1. The molecule has 1 heterocycles. The van der Waals surface area contributed by atoms with Crippen LogP contribution in [0.3, 0.4) is 0 Å². The zero-order valence-corrected chi connectivity index (χ0v) is 11.8. The van der Waals surface area contributed by atoms with E-state index in [-0.39, 0.29) is 11.3 Å². The van der Waals surface area contributed by atoms with E-state index in [1.54, 1.807) is 0 Å². The lowest BCUT2D eigenvalue weighted by Crippen LogP contribution is -2.36. The molecule has 1 aromatic carbocycles. The zero-order valence-electron chi connectivity index (χ0n) is 11.8. The molecule has 0 aliphatic carbocycles. The smallest absolute Gasteiger partial charge is 0.123 e. The van der Waals surface area contributed by atoms with Crippen LogP contribution in [0.5, 0.6) is 5.75 Å². The summed E-state index contributed by atoms with van der Waals surface area (Å²) in [6.45, 7) is 7.53. The van der Waals surface area contributed by atoms with E-state index < -0.39 is 0 Å². The molecular weight excluding hydrogens is 238 g/mol. The Balaban J connectivity index is 1.98. The fourth-order valence-electron chi connectivity index (χ4n) is 2.14. The maximum absolute atomic E-state index is 7.61. The molecule has 0 radical (unpaired) electrons. The highest BCUT2D eigenvalue weighted by molar-refractivity contribution is 5.82. The highest BCUT2D eigenvalue weighted by Gasteiger charge is 2.23. The van der Waals surface area contributed by atoms with E-state index in [4.69, 9.17) is 15.9 Å². The van der Waals surface area contributed by atoms with E-state index in [2.05, 4.69) is 11.0 Å². The number of benzene rings is 1. The third kappa shape index (κ3) is 3.47. The Morgan fingerprint density at radius 3 is 2.89 bits per heavy atom. The molecule has 104 valence electrons. The van der Waals surface area contributed by atoms with Gasteiger partial charge in [-0.1, -0.05) is 32.0 Å². The number of hydrogen-bond acceptors (Lipinski definition) is 3. The number of hydrogen-bond donors (Lipinski definition) is 2. The standard InChI is InChI=1S/C15H23N3O/c1-15(2,14(16)17)7-8-18-9-10-19-13-6-4-3-5-12(13)11-18/h3-6H,7-11H2,1-2H3,(H3,16,17). The summed E-state index contributed by atoms with van der Waals surface area (Å²) in [4.78, 5) is 2.37. The molecular formula is C15H23N3O. The Labute approximate surface area is 115 Å². The summed E-state index contributed by atoms with van der Waals surface area (Å²) in [5.41, 5.74) is 6.64. The lowest BCUT2D eigenvalue weighted by atomic mass is 9.88. The molecule has 1 aliphatic heterocycles. The second-order valence-electron chi connectivity index (χ2n) is 5.78. The summed E-state index contributed by atoms with van der Waals surface area (Å²) in [6, 6.07) is 8.20. The first-order valence-corrected chi connectivity index (χ1v) is 6.76. The zero-order chi connectivity index (χ0) is 13.9. The van der Waals surface area contributed by atoms with Crippen LogP contribution in [-0.2, 0) is 6.54 Å². The highest BCUT2D eigenvalue weighted by atomic mass is 16.5. The molecule has 3 N–H and O–H groups in total. The number of nitrogens with two attached hydrogens (primary N) is 1. The van der Waals surface area contributed by atoms with Crippen molar-refractivity contribution in [2.45, 2.75) is 26.8 Å². The van der Waals surface area contributed by atoms with E-state index >= 15 is 0 Å². The predicted molar refractivity (Wildman–Crippen MR) is 77.5 cm³/mol. The van der Waals surface area contributed by atoms with Crippen molar-refractivity contribution in [1.82, 2.24) is 4.90 Å². The van der Waals surface area contributed by atoms with E-state index in [0.29, 0.717) is 0 Å². The number of nitrogens with zero attached hydrogens (tertiary/aromatic N) is 1. The molecule has 1 aliphatic rings. The fraction of sp³-hybridized carbons (Fsp3) is 0.533. The molecule has 0 amide bonds. The molecule has 0 atom stereocenters. The summed E-state index contributed by atoms with van der Waals surface area (Å²) in [6.07, 6.45) is 0.893. The molecule has 2 rings (SSSR count). The summed E-state index contributed by atoms with van der Waals surface area (Å²) in [5, 5.41) is 7.61. The van der Waals surface area contributed by atoms with Gasteiger partial charge in [0, 0.05) is 24.1 Å². The summed E-state index contributed by atoms with van der Waals surface area (Å²) in [5.74, 6) is 1.26. The Bertz CT molecular complexity index is 456. The number of ether oxygens (including phenoxy) is 1. The Hall–Kier alpha value is -1.55. The van der Waals surface area contributed by atoms with Gasteiger partial charge < -0.3 is 10.5 Å². The monoisotopic (exact) mass is 261 g/mol. The van der Waals surface area contributed by atoms with Crippen molar-refractivity contribution in [3.05, 3.63) is 29.8 Å². The van der Waals surface area contributed by atoms with E-state index in [1.165, 1.54) is 5.56 Å². The molecule has 4 heteroatoms. The molecule has 0 spiro atoms. The molecule has 0 saturated heterocycles. The van der Waals surface area contributed by atoms with E-state index in [0.717, 1.165) is 38.4 Å². The maximum Gasteiger partial charge on any atom is 0.123 e. The van der Waals surface area contributed by atoms with Crippen LogP contribution in [-0.4, -0.2) is 30.4 Å². The highest BCUT2D eigenvalue weighted by Crippen LogP contribution is 2.25.